The molecule has 0 N–H and O–H groups in total. The number of hydrogen-bond donors (Lipinski definition) is 0. The molecule has 1 fully saturated rings. The third-order valence-electron chi connectivity index (χ3n) is 2.25. The molecule has 0 aliphatic carbocycles. The summed E-state index contributed by atoms with van der Waals surface area (Å²) in [5, 5.41) is 0.0454. The molecule has 0 aromatic heterocycles. The fourth-order valence-electron chi connectivity index (χ4n) is 1.54. The van der Waals surface area contributed by atoms with Gasteiger partial charge in [-0.3, -0.25) is 4.79 Å². The van der Waals surface area contributed by atoms with Crippen molar-refractivity contribution < 1.29 is 14.3 Å². The number of ketones is 1. The molecular weight excluding hydrogens is 212 g/mol. The van der Waals surface area contributed by atoms with Gasteiger partial charge in [0, 0.05) is 12.2 Å². The third kappa shape index (κ3) is 1.99. The van der Waals surface area contributed by atoms with Crippen LogP contribution < -0.4 is 0 Å². The number of rotatable bonds is 2. The monoisotopic (exact) mass is 222 g/mol. The highest BCUT2D eigenvalue weighted by atomic mass is 32.1. The van der Waals surface area contributed by atoms with Crippen LogP contribution >= 0.6 is 12.2 Å². The van der Waals surface area contributed by atoms with Crippen LogP contribution in [0.1, 0.15) is 18.6 Å². The van der Waals surface area contributed by atoms with E-state index in [9.17, 15) is 4.79 Å². The van der Waals surface area contributed by atoms with E-state index in [1.807, 2.05) is 30.3 Å². The molecule has 78 valence electrons. The molecule has 0 amide bonds. The van der Waals surface area contributed by atoms with Gasteiger partial charge < -0.3 is 9.47 Å². The van der Waals surface area contributed by atoms with E-state index >= 15 is 0 Å². The van der Waals surface area contributed by atoms with Crippen LogP contribution in [0.5, 0.6) is 0 Å². The summed E-state index contributed by atoms with van der Waals surface area (Å²) < 4.78 is 10.5. The SMILES string of the molecule is CC(=O)[C@H]1OC(=S)O[C@@H]1c1ccccc1. The van der Waals surface area contributed by atoms with Gasteiger partial charge in [-0.05, 0) is 12.5 Å². The third-order valence-corrected chi connectivity index (χ3v) is 2.44. The average molecular weight is 222 g/mol. The summed E-state index contributed by atoms with van der Waals surface area (Å²) in [5.74, 6) is -0.0799. The van der Waals surface area contributed by atoms with Gasteiger partial charge in [0.2, 0.25) is 6.10 Å². The van der Waals surface area contributed by atoms with Crippen LogP contribution in [0.4, 0.5) is 0 Å². The molecule has 1 heterocycles. The van der Waals surface area contributed by atoms with Gasteiger partial charge in [0.25, 0.3) is 0 Å². The Balaban J connectivity index is 2.28. The first-order valence-corrected chi connectivity index (χ1v) is 5.02. The van der Waals surface area contributed by atoms with E-state index in [2.05, 4.69) is 0 Å². The first-order valence-electron chi connectivity index (χ1n) is 4.61. The largest absolute Gasteiger partial charge is 0.444 e. The molecule has 1 aliphatic rings. The number of carbonyl (C=O) groups excluding carboxylic acids is 1. The maximum Gasteiger partial charge on any atom is 0.353 e. The van der Waals surface area contributed by atoms with E-state index in [1.54, 1.807) is 0 Å². The van der Waals surface area contributed by atoms with Crippen molar-refractivity contribution in [1.82, 2.24) is 0 Å². The van der Waals surface area contributed by atoms with Crippen molar-refractivity contribution in [3.63, 3.8) is 0 Å². The number of benzene rings is 1. The fraction of sp³-hybridized carbons (Fsp3) is 0.273. The molecule has 1 saturated heterocycles. The number of carbonyl (C=O) groups is 1. The summed E-state index contributed by atoms with van der Waals surface area (Å²) in [6.45, 7) is 1.47. The van der Waals surface area contributed by atoms with Gasteiger partial charge in [-0.15, -0.1) is 0 Å². The zero-order chi connectivity index (χ0) is 10.8. The lowest BCUT2D eigenvalue weighted by Crippen LogP contribution is -2.23. The average Bonchev–Trinajstić information content (AvgIpc) is 2.62. The van der Waals surface area contributed by atoms with E-state index in [4.69, 9.17) is 21.7 Å². The Kier molecular flexibility index (Phi) is 2.68. The molecular formula is C11H10O3S. The van der Waals surface area contributed by atoms with Gasteiger partial charge in [-0.25, -0.2) is 0 Å². The van der Waals surface area contributed by atoms with Crippen LogP contribution in [-0.4, -0.2) is 17.1 Å². The molecule has 0 unspecified atom stereocenters. The van der Waals surface area contributed by atoms with Crippen molar-refractivity contribution in [2.24, 2.45) is 0 Å². The summed E-state index contributed by atoms with van der Waals surface area (Å²) in [5.41, 5.74) is 0.901. The van der Waals surface area contributed by atoms with Gasteiger partial charge in [0.15, 0.2) is 11.9 Å². The maximum atomic E-state index is 11.3. The van der Waals surface area contributed by atoms with Gasteiger partial charge >= 0.3 is 5.24 Å². The van der Waals surface area contributed by atoms with E-state index in [-0.39, 0.29) is 11.0 Å². The molecule has 0 bridgehead atoms. The number of Topliss-reactive ketones (excluding diaryl/α,β-unsaturated/α-hetero) is 1. The van der Waals surface area contributed by atoms with Crippen molar-refractivity contribution in [3.8, 4) is 0 Å². The molecule has 2 rings (SSSR count). The Morgan fingerprint density at radius 1 is 1.27 bits per heavy atom. The van der Waals surface area contributed by atoms with Crippen LogP contribution in [0.15, 0.2) is 30.3 Å². The highest BCUT2D eigenvalue weighted by molar-refractivity contribution is 7.79. The molecule has 2 atom stereocenters. The Bertz CT molecular complexity index is 388. The molecule has 0 radical (unpaired) electrons. The second kappa shape index (κ2) is 3.98. The Morgan fingerprint density at radius 2 is 1.93 bits per heavy atom. The van der Waals surface area contributed by atoms with Gasteiger partial charge in [-0.1, -0.05) is 30.3 Å². The van der Waals surface area contributed by atoms with Crippen LogP contribution in [0.3, 0.4) is 0 Å². The highest BCUT2D eigenvalue weighted by Gasteiger charge is 2.38. The lowest BCUT2D eigenvalue weighted by Gasteiger charge is -2.12. The quantitative estimate of drug-likeness (QED) is 0.717. The normalized spacial score (nSPS) is 24.5. The van der Waals surface area contributed by atoms with Crippen molar-refractivity contribution in [2.75, 3.05) is 0 Å². The standard InChI is InChI=1S/C11H10O3S/c1-7(12)9-10(14-11(15)13-9)8-5-3-2-4-6-8/h2-6,9-10H,1H3/t9-,10-/m1/s1. The molecule has 0 spiro atoms. The van der Waals surface area contributed by atoms with Crippen LogP contribution in [0, 0.1) is 0 Å². The summed E-state index contributed by atoms with van der Waals surface area (Å²) in [6.07, 6.45) is -1.02. The fourth-order valence-corrected chi connectivity index (χ4v) is 1.75. The summed E-state index contributed by atoms with van der Waals surface area (Å²) >= 11 is 4.80. The topological polar surface area (TPSA) is 35.5 Å². The van der Waals surface area contributed by atoms with E-state index < -0.39 is 12.2 Å². The zero-order valence-corrected chi connectivity index (χ0v) is 8.99. The highest BCUT2D eigenvalue weighted by Crippen LogP contribution is 2.30. The molecule has 1 aromatic carbocycles. The molecule has 1 aliphatic heterocycles. The van der Waals surface area contributed by atoms with Crippen LogP contribution in [-0.2, 0) is 14.3 Å². The maximum absolute atomic E-state index is 11.3. The van der Waals surface area contributed by atoms with E-state index in [0.29, 0.717) is 0 Å². The minimum atomic E-state index is -0.611. The summed E-state index contributed by atoms with van der Waals surface area (Å²) in [7, 11) is 0. The van der Waals surface area contributed by atoms with Gasteiger partial charge in [-0.2, -0.15) is 0 Å². The zero-order valence-electron chi connectivity index (χ0n) is 8.17. The predicted octanol–water partition coefficient (Wildman–Crippen LogP) is 2.02. The molecule has 0 saturated carbocycles. The number of hydrogen-bond acceptors (Lipinski definition) is 4. The molecule has 1 aromatic rings. The lowest BCUT2D eigenvalue weighted by molar-refractivity contribution is -0.124. The first kappa shape index (κ1) is 10.1. The van der Waals surface area contributed by atoms with Crippen molar-refractivity contribution in [1.29, 1.82) is 0 Å². The summed E-state index contributed by atoms with van der Waals surface area (Å²) in [4.78, 5) is 11.3. The first-order chi connectivity index (χ1) is 7.18. The van der Waals surface area contributed by atoms with E-state index in [1.165, 1.54) is 6.92 Å². The number of ether oxygens (including phenoxy) is 2. The molecule has 15 heavy (non-hydrogen) atoms. The van der Waals surface area contributed by atoms with Crippen LogP contribution in [0.2, 0.25) is 0 Å². The molecule has 3 nitrogen and oxygen atoms in total. The Hall–Kier alpha value is -1.42. The van der Waals surface area contributed by atoms with Crippen LogP contribution in [0.25, 0.3) is 0 Å². The van der Waals surface area contributed by atoms with E-state index in [0.717, 1.165) is 5.56 Å². The predicted molar refractivity (Wildman–Crippen MR) is 58.4 cm³/mol. The molecule has 4 heteroatoms. The smallest absolute Gasteiger partial charge is 0.353 e. The minimum absolute atomic E-state index is 0.0454. The minimum Gasteiger partial charge on any atom is -0.444 e. The van der Waals surface area contributed by atoms with Crippen molar-refractivity contribution >= 4 is 23.2 Å². The van der Waals surface area contributed by atoms with Crippen molar-refractivity contribution in [2.45, 2.75) is 19.1 Å². The second-order valence-electron chi connectivity index (χ2n) is 3.35. The van der Waals surface area contributed by atoms with Gasteiger partial charge in [0.05, 0.1) is 0 Å². The van der Waals surface area contributed by atoms with Gasteiger partial charge in [0.1, 0.15) is 0 Å². The number of thiocarbonyl (C=S) groups is 1. The lowest BCUT2D eigenvalue weighted by atomic mass is 10.0. The Morgan fingerprint density at radius 3 is 2.53 bits per heavy atom. The second-order valence-corrected chi connectivity index (χ2v) is 3.68. The Labute approximate surface area is 93.0 Å². The van der Waals surface area contributed by atoms with Crippen molar-refractivity contribution in [3.05, 3.63) is 35.9 Å². The summed E-state index contributed by atoms with van der Waals surface area (Å²) in [6, 6.07) is 9.45.